The van der Waals surface area contributed by atoms with Crippen molar-refractivity contribution in [3.63, 3.8) is 0 Å². The van der Waals surface area contributed by atoms with E-state index in [-0.39, 0.29) is 5.41 Å². The van der Waals surface area contributed by atoms with Crippen molar-refractivity contribution in [2.24, 2.45) is 0 Å². The lowest BCUT2D eigenvalue weighted by molar-refractivity contribution is 0.666. The van der Waals surface area contributed by atoms with Gasteiger partial charge >= 0.3 is 0 Å². The zero-order chi connectivity index (χ0) is 30.4. The van der Waals surface area contributed by atoms with Gasteiger partial charge in [0.2, 0.25) is 0 Å². The van der Waals surface area contributed by atoms with Crippen molar-refractivity contribution in [3.8, 4) is 33.4 Å². The minimum atomic E-state index is -0.171. The van der Waals surface area contributed by atoms with Gasteiger partial charge in [0, 0.05) is 23.3 Å². The highest BCUT2D eigenvalue weighted by Gasteiger charge is 2.39. The zero-order valence-corrected chi connectivity index (χ0v) is 25.7. The number of fused-ring (bicyclic) bond motifs is 5. The van der Waals surface area contributed by atoms with Crippen LogP contribution in [0.5, 0.6) is 0 Å². The van der Waals surface area contributed by atoms with Gasteiger partial charge in [0.25, 0.3) is 0 Å². The van der Waals surface area contributed by atoms with E-state index >= 15 is 0 Å². The summed E-state index contributed by atoms with van der Waals surface area (Å²) in [4.78, 5) is 2.47. The average Bonchev–Trinajstić information content (AvgIpc) is 3.34. The maximum Gasteiger partial charge on any atom is 0.0487 e. The molecule has 0 N–H and O–H groups in total. The Hall–Kier alpha value is -5.40. The van der Waals surface area contributed by atoms with Crippen LogP contribution in [-0.2, 0) is 12.0 Å². The molecule has 0 spiro atoms. The van der Waals surface area contributed by atoms with Crippen molar-refractivity contribution in [1.82, 2.24) is 0 Å². The van der Waals surface area contributed by atoms with E-state index in [0.717, 1.165) is 6.54 Å². The van der Waals surface area contributed by atoms with Crippen LogP contribution in [0.1, 0.15) is 30.5 Å². The lowest BCUT2D eigenvalue weighted by Gasteiger charge is -2.29. The highest BCUT2D eigenvalue weighted by Crippen LogP contribution is 2.55. The molecule has 0 unspecified atom stereocenters. The summed E-state index contributed by atoms with van der Waals surface area (Å²) in [6, 6.07) is 59.7. The van der Waals surface area contributed by atoms with Crippen LogP contribution in [0, 0.1) is 0 Å². The monoisotopic (exact) mass is 577 g/mol. The fourth-order valence-electron chi connectivity index (χ4n) is 7.36. The summed E-state index contributed by atoms with van der Waals surface area (Å²) in [5, 5.41) is 2.63. The first-order chi connectivity index (χ1) is 22.1. The van der Waals surface area contributed by atoms with Crippen molar-refractivity contribution in [2.75, 3.05) is 4.90 Å². The highest BCUT2D eigenvalue weighted by atomic mass is 15.1. The predicted molar refractivity (Wildman–Crippen MR) is 191 cm³/mol. The molecular formula is C44H35N. The fourth-order valence-corrected chi connectivity index (χ4v) is 7.36. The second kappa shape index (κ2) is 10.9. The van der Waals surface area contributed by atoms with Crippen molar-refractivity contribution in [2.45, 2.75) is 25.8 Å². The van der Waals surface area contributed by atoms with Gasteiger partial charge in [-0.1, -0.05) is 147 Å². The smallest absolute Gasteiger partial charge is 0.0487 e. The van der Waals surface area contributed by atoms with Crippen LogP contribution < -0.4 is 4.90 Å². The van der Waals surface area contributed by atoms with E-state index in [1.54, 1.807) is 0 Å². The molecule has 0 saturated heterocycles. The lowest BCUT2D eigenvalue weighted by atomic mass is 9.79. The molecule has 45 heavy (non-hydrogen) atoms. The molecule has 8 rings (SSSR count). The molecule has 0 aliphatic heterocycles. The van der Waals surface area contributed by atoms with Crippen LogP contribution in [0.3, 0.4) is 0 Å². The van der Waals surface area contributed by atoms with Gasteiger partial charge in [-0.3, -0.25) is 0 Å². The number of para-hydroxylation sites is 1. The molecule has 1 nitrogen and oxygen atoms in total. The van der Waals surface area contributed by atoms with Gasteiger partial charge in [-0.25, -0.2) is 0 Å². The molecule has 1 heteroatoms. The molecule has 0 heterocycles. The van der Waals surface area contributed by atoms with Crippen LogP contribution in [0.25, 0.3) is 44.2 Å². The van der Waals surface area contributed by atoms with E-state index in [1.165, 1.54) is 72.2 Å². The lowest BCUT2D eigenvalue weighted by Crippen LogP contribution is -2.19. The molecule has 1 aliphatic carbocycles. The Balaban J connectivity index is 1.31. The van der Waals surface area contributed by atoms with Gasteiger partial charge in [-0.15, -0.1) is 0 Å². The molecule has 0 bridgehead atoms. The normalized spacial score (nSPS) is 12.9. The van der Waals surface area contributed by atoms with E-state index in [4.69, 9.17) is 0 Å². The summed E-state index contributed by atoms with van der Waals surface area (Å²) in [5.74, 6) is 0. The second-order valence-electron chi connectivity index (χ2n) is 12.6. The first-order valence-corrected chi connectivity index (χ1v) is 15.8. The molecule has 0 aromatic heterocycles. The Bertz CT molecular complexity index is 2140. The summed E-state index contributed by atoms with van der Waals surface area (Å²) >= 11 is 0. The molecule has 1 aliphatic rings. The van der Waals surface area contributed by atoms with E-state index in [9.17, 15) is 0 Å². The summed E-state index contributed by atoms with van der Waals surface area (Å²) in [7, 11) is 0. The van der Waals surface area contributed by atoms with Gasteiger partial charge in [0.15, 0.2) is 0 Å². The van der Waals surface area contributed by atoms with Gasteiger partial charge in [-0.2, -0.15) is 0 Å². The van der Waals surface area contributed by atoms with Crippen LogP contribution in [0.15, 0.2) is 164 Å². The Morgan fingerprint density at radius 1 is 0.489 bits per heavy atom. The number of anilines is 2. The largest absolute Gasteiger partial charge is 0.337 e. The Morgan fingerprint density at radius 2 is 1.09 bits per heavy atom. The summed E-state index contributed by atoms with van der Waals surface area (Å²) in [5.41, 5.74) is 14.1. The number of rotatable bonds is 6. The predicted octanol–water partition coefficient (Wildman–Crippen LogP) is 11.8. The van der Waals surface area contributed by atoms with Crippen LogP contribution in [0.4, 0.5) is 11.4 Å². The SMILES string of the molecule is CC1(C)c2cc(N(Cc3ccccc3-c3ccccc3)c3ccccc3)ccc2-c2c(-c3ccccc3)cc3ccccc3c21. The third kappa shape index (κ3) is 4.64. The summed E-state index contributed by atoms with van der Waals surface area (Å²) < 4.78 is 0. The van der Waals surface area contributed by atoms with Gasteiger partial charge in [0.1, 0.15) is 0 Å². The van der Waals surface area contributed by atoms with Crippen molar-refractivity contribution < 1.29 is 0 Å². The number of nitrogens with zero attached hydrogens (tertiary/aromatic N) is 1. The maximum atomic E-state index is 2.47. The van der Waals surface area contributed by atoms with Gasteiger partial charge in [0.05, 0.1) is 0 Å². The van der Waals surface area contributed by atoms with Crippen molar-refractivity contribution >= 4 is 22.1 Å². The van der Waals surface area contributed by atoms with Crippen LogP contribution in [-0.4, -0.2) is 0 Å². The number of benzene rings is 7. The van der Waals surface area contributed by atoms with E-state index < -0.39 is 0 Å². The van der Waals surface area contributed by atoms with Crippen LogP contribution in [0.2, 0.25) is 0 Å². The Morgan fingerprint density at radius 3 is 1.82 bits per heavy atom. The Labute approximate surface area is 266 Å². The van der Waals surface area contributed by atoms with Gasteiger partial charge < -0.3 is 4.90 Å². The summed E-state index contributed by atoms with van der Waals surface area (Å²) in [6.07, 6.45) is 0. The minimum absolute atomic E-state index is 0.171. The van der Waals surface area contributed by atoms with E-state index in [2.05, 4.69) is 183 Å². The second-order valence-corrected chi connectivity index (χ2v) is 12.6. The highest BCUT2D eigenvalue weighted by molar-refractivity contribution is 6.05. The molecule has 0 atom stereocenters. The first-order valence-electron chi connectivity index (χ1n) is 15.8. The number of hydrogen-bond donors (Lipinski definition) is 0. The van der Waals surface area contributed by atoms with E-state index in [0.29, 0.717) is 0 Å². The topological polar surface area (TPSA) is 3.24 Å². The molecule has 7 aromatic carbocycles. The molecule has 216 valence electrons. The Kier molecular flexibility index (Phi) is 6.61. The maximum absolute atomic E-state index is 2.47. The van der Waals surface area contributed by atoms with Crippen molar-refractivity contribution in [3.05, 3.63) is 180 Å². The first kappa shape index (κ1) is 27.2. The third-order valence-electron chi connectivity index (χ3n) is 9.52. The average molecular weight is 578 g/mol. The summed E-state index contributed by atoms with van der Waals surface area (Å²) in [6.45, 7) is 5.57. The molecule has 0 radical (unpaired) electrons. The molecule has 0 fully saturated rings. The standard InChI is InChI=1S/C44H35N/c1-44(2)41-29-36(45(35-22-10-5-11-23-35)30-34-21-13-14-24-37(34)31-16-6-3-7-17-31)26-27-39(41)42-40(32-18-8-4-9-19-32)28-33-20-12-15-25-38(33)43(42)44/h3-29H,30H2,1-2H3. The van der Waals surface area contributed by atoms with E-state index in [1.807, 2.05) is 0 Å². The fraction of sp³-hybridized carbons (Fsp3) is 0.0909. The minimum Gasteiger partial charge on any atom is -0.337 e. The van der Waals surface area contributed by atoms with Crippen LogP contribution >= 0.6 is 0 Å². The van der Waals surface area contributed by atoms with Gasteiger partial charge in [-0.05, 0) is 91.2 Å². The molecule has 0 amide bonds. The third-order valence-corrected chi connectivity index (χ3v) is 9.52. The zero-order valence-electron chi connectivity index (χ0n) is 25.7. The molecular weight excluding hydrogens is 542 g/mol. The quantitative estimate of drug-likeness (QED) is 0.190. The number of hydrogen-bond acceptors (Lipinski definition) is 1. The molecule has 7 aromatic rings. The van der Waals surface area contributed by atoms with Crippen molar-refractivity contribution in [1.29, 1.82) is 0 Å². The molecule has 0 saturated carbocycles.